The molecular formula is C7H8F2N2O. The maximum absolute atomic E-state index is 12.8. The average molecular weight is 174 g/mol. The van der Waals surface area contributed by atoms with Gasteiger partial charge in [-0.15, -0.1) is 0 Å². The van der Waals surface area contributed by atoms with E-state index in [9.17, 15) is 14.0 Å². The molecule has 12 heavy (non-hydrogen) atoms. The summed E-state index contributed by atoms with van der Waals surface area (Å²) in [6.07, 6.45) is 1.95. The van der Waals surface area contributed by atoms with Gasteiger partial charge in [0, 0.05) is 6.07 Å². The van der Waals surface area contributed by atoms with Crippen molar-refractivity contribution < 1.29 is 13.5 Å². The average Bonchev–Trinajstić information content (AvgIpc) is 2.05. The number of rotatable bonds is 2. The number of aromatic nitrogens is 1. The number of halogens is 2. The summed E-state index contributed by atoms with van der Waals surface area (Å²) in [5, 5.41) is 10.6. The molecule has 0 unspecified atom stereocenters. The zero-order chi connectivity index (χ0) is 9.19. The summed E-state index contributed by atoms with van der Waals surface area (Å²) >= 11 is 0. The van der Waals surface area contributed by atoms with Gasteiger partial charge < -0.3 is 10.9 Å². The topological polar surface area (TPSA) is 53.0 Å². The summed E-state index contributed by atoms with van der Waals surface area (Å²) in [5.74, 6) is -3.12. The van der Waals surface area contributed by atoms with Gasteiger partial charge in [-0.25, -0.2) is 0 Å². The molecule has 0 radical (unpaired) electrons. The molecule has 0 spiro atoms. The Morgan fingerprint density at radius 2 is 2.25 bits per heavy atom. The molecule has 3 nitrogen and oxygen atoms in total. The second kappa shape index (κ2) is 3.02. The van der Waals surface area contributed by atoms with Crippen molar-refractivity contribution in [1.82, 2.24) is 0 Å². The molecule has 0 aliphatic rings. The van der Waals surface area contributed by atoms with Crippen LogP contribution in [0.3, 0.4) is 0 Å². The summed E-state index contributed by atoms with van der Waals surface area (Å²) < 4.78 is 25.9. The third kappa shape index (κ3) is 1.68. The Morgan fingerprint density at radius 3 is 2.75 bits per heavy atom. The molecule has 0 aliphatic carbocycles. The van der Waals surface area contributed by atoms with Gasteiger partial charge in [-0.05, 0) is 6.07 Å². The Hall–Kier alpha value is -1.23. The van der Waals surface area contributed by atoms with E-state index in [-0.39, 0.29) is 5.56 Å². The minimum absolute atomic E-state index is 0.318. The number of hydrogen-bond donors (Lipinski definition) is 1. The zero-order valence-electron chi connectivity index (χ0n) is 6.21. The number of pyridine rings is 1. The van der Waals surface area contributed by atoms with E-state index in [1.807, 2.05) is 0 Å². The molecule has 5 heteroatoms. The Labute approximate surface area is 68.0 Å². The number of hydrogen-bond acceptors (Lipinski definition) is 2. The molecule has 1 aromatic heterocycles. The van der Waals surface area contributed by atoms with Crippen LogP contribution in [0, 0.1) is 5.21 Å². The normalized spacial score (nSPS) is 11.6. The molecule has 0 saturated carbocycles. The van der Waals surface area contributed by atoms with Crippen LogP contribution in [0.25, 0.3) is 0 Å². The fourth-order valence-electron chi connectivity index (χ4n) is 0.789. The third-order valence-electron chi connectivity index (χ3n) is 1.45. The largest absolute Gasteiger partial charge is 0.619 e. The standard InChI is InChI=1S/C7H8F2N2O/c8-7(9,5-10)6-2-1-3-11(12)4-6/h1-4H,5,10H2. The van der Waals surface area contributed by atoms with Crippen molar-refractivity contribution >= 4 is 0 Å². The molecule has 1 heterocycles. The summed E-state index contributed by atoms with van der Waals surface area (Å²) in [7, 11) is 0. The van der Waals surface area contributed by atoms with Gasteiger partial charge in [0.05, 0.1) is 12.1 Å². The zero-order valence-corrected chi connectivity index (χ0v) is 6.21. The predicted octanol–water partition coefficient (Wildman–Crippen LogP) is 0.371. The molecule has 2 N–H and O–H groups in total. The fraction of sp³-hybridized carbons (Fsp3) is 0.286. The first-order valence-electron chi connectivity index (χ1n) is 3.33. The predicted molar refractivity (Wildman–Crippen MR) is 38.4 cm³/mol. The van der Waals surface area contributed by atoms with Crippen molar-refractivity contribution in [3.63, 3.8) is 0 Å². The lowest BCUT2D eigenvalue weighted by Crippen LogP contribution is -2.31. The maximum Gasteiger partial charge on any atom is 0.290 e. The first kappa shape index (κ1) is 8.86. The molecule has 0 aliphatic heterocycles. The third-order valence-corrected chi connectivity index (χ3v) is 1.45. The van der Waals surface area contributed by atoms with Crippen molar-refractivity contribution in [2.24, 2.45) is 5.73 Å². The highest BCUT2D eigenvalue weighted by molar-refractivity contribution is 5.12. The Morgan fingerprint density at radius 1 is 1.58 bits per heavy atom. The van der Waals surface area contributed by atoms with E-state index in [0.29, 0.717) is 4.73 Å². The van der Waals surface area contributed by atoms with Crippen molar-refractivity contribution in [3.8, 4) is 0 Å². The molecule has 0 saturated heterocycles. The van der Waals surface area contributed by atoms with Crippen LogP contribution in [0.4, 0.5) is 8.78 Å². The Bertz CT molecular complexity index is 278. The van der Waals surface area contributed by atoms with E-state index in [0.717, 1.165) is 12.4 Å². The maximum atomic E-state index is 12.8. The summed E-state index contributed by atoms with van der Waals surface area (Å²) in [5.41, 5.74) is 4.47. The van der Waals surface area contributed by atoms with Crippen LogP contribution < -0.4 is 10.5 Å². The highest BCUT2D eigenvalue weighted by atomic mass is 19.3. The van der Waals surface area contributed by atoms with Gasteiger partial charge in [0.1, 0.15) is 0 Å². The molecule has 0 atom stereocenters. The van der Waals surface area contributed by atoms with Gasteiger partial charge in [0.25, 0.3) is 5.92 Å². The van der Waals surface area contributed by atoms with Crippen molar-refractivity contribution in [2.75, 3.05) is 6.54 Å². The number of nitrogens with two attached hydrogens (primary N) is 1. The van der Waals surface area contributed by atoms with Gasteiger partial charge in [-0.2, -0.15) is 13.5 Å². The van der Waals surface area contributed by atoms with E-state index in [1.54, 1.807) is 0 Å². The van der Waals surface area contributed by atoms with Crippen LogP contribution in [0.15, 0.2) is 24.5 Å². The highest BCUT2D eigenvalue weighted by Gasteiger charge is 2.31. The number of alkyl halides is 2. The van der Waals surface area contributed by atoms with Gasteiger partial charge in [0.2, 0.25) is 0 Å². The van der Waals surface area contributed by atoms with E-state index in [2.05, 4.69) is 0 Å². The summed E-state index contributed by atoms with van der Waals surface area (Å²) in [6.45, 7) is -0.795. The van der Waals surface area contributed by atoms with Crippen LogP contribution in [0.2, 0.25) is 0 Å². The molecular weight excluding hydrogens is 166 g/mol. The molecule has 0 aromatic carbocycles. The first-order valence-corrected chi connectivity index (χ1v) is 3.33. The number of nitrogens with zero attached hydrogens (tertiary/aromatic N) is 1. The molecule has 0 bridgehead atoms. The van der Waals surface area contributed by atoms with Crippen molar-refractivity contribution in [1.29, 1.82) is 0 Å². The SMILES string of the molecule is NCC(F)(F)c1ccc[n+]([O-])c1. The van der Waals surface area contributed by atoms with Gasteiger partial charge in [-0.3, -0.25) is 0 Å². The molecule has 1 aromatic rings. The summed E-state index contributed by atoms with van der Waals surface area (Å²) in [4.78, 5) is 0. The minimum atomic E-state index is -3.12. The van der Waals surface area contributed by atoms with Crippen LogP contribution in [0.5, 0.6) is 0 Å². The van der Waals surface area contributed by atoms with Gasteiger partial charge in [-0.1, -0.05) is 0 Å². The van der Waals surface area contributed by atoms with E-state index < -0.39 is 12.5 Å². The lowest BCUT2D eigenvalue weighted by Gasteiger charge is -2.12. The van der Waals surface area contributed by atoms with Crippen LogP contribution >= 0.6 is 0 Å². The van der Waals surface area contributed by atoms with Crippen LogP contribution in [-0.2, 0) is 5.92 Å². The van der Waals surface area contributed by atoms with Crippen molar-refractivity contribution in [3.05, 3.63) is 35.3 Å². The molecule has 0 fully saturated rings. The molecule has 1 rings (SSSR count). The monoisotopic (exact) mass is 174 g/mol. The Kier molecular flexibility index (Phi) is 2.23. The quantitative estimate of drug-likeness (QED) is 0.520. The van der Waals surface area contributed by atoms with E-state index in [4.69, 9.17) is 5.73 Å². The lowest BCUT2D eigenvalue weighted by molar-refractivity contribution is -0.606. The van der Waals surface area contributed by atoms with Crippen molar-refractivity contribution in [2.45, 2.75) is 5.92 Å². The van der Waals surface area contributed by atoms with Crippen LogP contribution in [-0.4, -0.2) is 6.54 Å². The molecule has 66 valence electrons. The Balaban J connectivity index is 3.03. The smallest absolute Gasteiger partial charge is 0.290 e. The first-order chi connectivity index (χ1) is 5.56. The second-order valence-electron chi connectivity index (χ2n) is 2.36. The van der Waals surface area contributed by atoms with E-state index >= 15 is 0 Å². The lowest BCUT2D eigenvalue weighted by atomic mass is 10.1. The van der Waals surface area contributed by atoms with Crippen LogP contribution in [0.1, 0.15) is 5.56 Å². The highest BCUT2D eigenvalue weighted by Crippen LogP contribution is 2.24. The fourth-order valence-corrected chi connectivity index (χ4v) is 0.789. The molecule has 0 amide bonds. The van der Waals surface area contributed by atoms with E-state index in [1.165, 1.54) is 12.1 Å². The second-order valence-corrected chi connectivity index (χ2v) is 2.36. The van der Waals surface area contributed by atoms with Gasteiger partial charge >= 0.3 is 0 Å². The summed E-state index contributed by atoms with van der Waals surface area (Å²) in [6, 6.07) is 2.42. The van der Waals surface area contributed by atoms with Gasteiger partial charge in [0.15, 0.2) is 12.4 Å². The minimum Gasteiger partial charge on any atom is -0.619 e.